The maximum Gasteiger partial charge on any atom is 0.268 e. The van der Waals surface area contributed by atoms with E-state index in [1.54, 1.807) is 50.6 Å². The van der Waals surface area contributed by atoms with Crippen LogP contribution in [0.15, 0.2) is 36.4 Å². The molecule has 0 atom stereocenters. The van der Waals surface area contributed by atoms with Crippen molar-refractivity contribution in [3.05, 3.63) is 42.1 Å². The Morgan fingerprint density at radius 3 is 2.59 bits per heavy atom. The van der Waals surface area contributed by atoms with Crippen molar-refractivity contribution in [3.63, 3.8) is 0 Å². The Balaban J connectivity index is 1.39. The normalized spacial score (nSPS) is 11.9. The summed E-state index contributed by atoms with van der Waals surface area (Å²) in [7, 11) is 3.09. The minimum Gasteiger partial charge on any atom is -0.493 e. The first kappa shape index (κ1) is 18.5. The molecule has 9 nitrogen and oxygen atoms in total. The quantitative estimate of drug-likeness (QED) is 0.589. The highest BCUT2D eigenvalue weighted by molar-refractivity contribution is 6.01. The number of carbonyl (C=O) groups excluding carboxylic acids is 2. The number of hydrogen-bond donors (Lipinski definition) is 3. The summed E-state index contributed by atoms with van der Waals surface area (Å²) in [6, 6.07) is 10.3. The van der Waals surface area contributed by atoms with E-state index in [0.29, 0.717) is 34.4 Å². The molecule has 4 rings (SSSR count). The molecule has 0 radical (unpaired) electrons. The van der Waals surface area contributed by atoms with Crippen LogP contribution in [0.4, 0.5) is 5.69 Å². The second-order valence-electron chi connectivity index (χ2n) is 6.28. The number of amides is 2. The van der Waals surface area contributed by atoms with Crippen molar-refractivity contribution in [2.45, 2.75) is 0 Å². The third kappa shape index (κ3) is 3.75. The molecule has 3 aromatic rings. The summed E-state index contributed by atoms with van der Waals surface area (Å²) in [5.74, 6) is 1.54. The molecule has 1 aromatic heterocycles. The molecule has 2 amide bonds. The van der Waals surface area contributed by atoms with E-state index in [4.69, 9.17) is 18.9 Å². The van der Waals surface area contributed by atoms with E-state index in [-0.39, 0.29) is 19.2 Å². The molecule has 150 valence electrons. The third-order valence-corrected chi connectivity index (χ3v) is 4.44. The summed E-state index contributed by atoms with van der Waals surface area (Å²) in [5, 5.41) is 6.08. The molecule has 9 heteroatoms. The molecule has 2 heterocycles. The summed E-state index contributed by atoms with van der Waals surface area (Å²) >= 11 is 0. The van der Waals surface area contributed by atoms with E-state index in [1.165, 1.54) is 0 Å². The van der Waals surface area contributed by atoms with Crippen LogP contribution in [0, 0.1) is 0 Å². The lowest BCUT2D eigenvalue weighted by Gasteiger charge is -2.07. The zero-order chi connectivity index (χ0) is 20.4. The van der Waals surface area contributed by atoms with Gasteiger partial charge in [0, 0.05) is 28.7 Å². The number of nitrogens with one attached hydrogen (secondary N) is 3. The van der Waals surface area contributed by atoms with Gasteiger partial charge in [0.05, 0.1) is 20.8 Å². The van der Waals surface area contributed by atoms with Crippen molar-refractivity contribution in [2.24, 2.45) is 0 Å². The zero-order valence-corrected chi connectivity index (χ0v) is 15.8. The summed E-state index contributed by atoms with van der Waals surface area (Å²) < 4.78 is 21.0. The number of methoxy groups -OCH3 is 2. The van der Waals surface area contributed by atoms with Gasteiger partial charge in [0.2, 0.25) is 12.7 Å². The molecule has 0 bridgehead atoms. The van der Waals surface area contributed by atoms with Crippen LogP contribution in [0.25, 0.3) is 10.9 Å². The summed E-state index contributed by atoms with van der Waals surface area (Å²) in [6.07, 6.45) is 0. The summed E-state index contributed by atoms with van der Waals surface area (Å²) in [5.41, 5.74) is 1.60. The van der Waals surface area contributed by atoms with Gasteiger partial charge in [-0.05, 0) is 24.3 Å². The van der Waals surface area contributed by atoms with Gasteiger partial charge < -0.3 is 34.6 Å². The lowest BCUT2D eigenvalue weighted by Crippen LogP contribution is -2.33. The van der Waals surface area contributed by atoms with Gasteiger partial charge in [-0.25, -0.2) is 0 Å². The highest BCUT2D eigenvalue weighted by Gasteiger charge is 2.16. The molecule has 0 saturated carbocycles. The van der Waals surface area contributed by atoms with Crippen molar-refractivity contribution in [1.82, 2.24) is 10.3 Å². The van der Waals surface area contributed by atoms with Gasteiger partial charge in [0.15, 0.2) is 23.0 Å². The van der Waals surface area contributed by atoms with Crippen LogP contribution in [0.1, 0.15) is 10.5 Å². The van der Waals surface area contributed by atoms with Gasteiger partial charge in [-0.2, -0.15) is 0 Å². The maximum atomic E-state index is 12.4. The Bertz CT molecular complexity index is 1050. The van der Waals surface area contributed by atoms with Crippen molar-refractivity contribution in [1.29, 1.82) is 0 Å². The molecule has 0 unspecified atom stereocenters. The number of rotatable bonds is 6. The number of H-pyrrole nitrogens is 1. The van der Waals surface area contributed by atoms with Crippen LogP contribution < -0.4 is 29.6 Å². The molecule has 0 aliphatic carbocycles. The Kier molecular flexibility index (Phi) is 4.86. The summed E-state index contributed by atoms with van der Waals surface area (Å²) in [6.45, 7) is -0.0275. The SMILES string of the molecule is COc1cc2cc(C(=O)NCC(=O)Nc3ccc4c(c3)OCO4)[nH]c2cc1OC. The highest BCUT2D eigenvalue weighted by atomic mass is 16.7. The Hall–Kier alpha value is -3.88. The van der Waals surface area contributed by atoms with Crippen LogP contribution >= 0.6 is 0 Å². The predicted octanol–water partition coefficient (Wildman–Crippen LogP) is 2.28. The molecule has 3 N–H and O–H groups in total. The average molecular weight is 397 g/mol. The minimum atomic E-state index is -0.403. The Morgan fingerprint density at radius 1 is 1.03 bits per heavy atom. The number of carbonyl (C=O) groups is 2. The number of aromatic amines is 1. The fourth-order valence-corrected chi connectivity index (χ4v) is 3.02. The van der Waals surface area contributed by atoms with Crippen LogP contribution in [0.3, 0.4) is 0 Å². The molecular weight excluding hydrogens is 378 g/mol. The van der Waals surface area contributed by atoms with Crippen LogP contribution in [-0.4, -0.2) is 44.4 Å². The molecule has 29 heavy (non-hydrogen) atoms. The van der Waals surface area contributed by atoms with Crippen molar-refractivity contribution < 1.29 is 28.5 Å². The molecule has 1 aliphatic heterocycles. The molecule has 1 aliphatic rings. The highest BCUT2D eigenvalue weighted by Crippen LogP contribution is 2.34. The van der Waals surface area contributed by atoms with Crippen LogP contribution in [0.5, 0.6) is 23.0 Å². The number of aromatic nitrogens is 1. The predicted molar refractivity (Wildman–Crippen MR) is 105 cm³/mol. The molecule has 0 fully saturated rings. The Labute approximate surface area is 165 Å². The first-order valence-electron chi connectivity index (χ1n) is 8.80. The number of benzene rings is 2. The van der Waals surface area contributed by atoms with Crippen LogP contribution in [0.2, 0.25) is 0 Å². The first-order chi connectivity index (χ1) is 14.1. The second kappa shape index (κ2) is 7.63. The monoisotopic (exact) mass is 397 g/mol. The second-order valence-corrected chi connectivity index (χ2v) is 6.28. The van der Waals surface area contributed by atoms with E-state index < -0.39 is 5.91 Å². The maximum absolute atomic E-state index is 12.4. The first-order valence-corrected chi connectivity index (χ1v) is 8.80. The van der Waals surface area contributed by atoms with E-state index >= 15 is 0 Å². The zero-order valence-electron chi connectivity index (χ0n) is 15.8. The number of fused-ring (bicyclic) bond motifs is 2. The molecule has 0 saturated heterocycles. The van der Waals surface area contributed by atoms with Crippen molar-refractivity contribution in [2.75, 3.05) is 32.9 Å². The summed E-state index contributed by atoms with van der Waals surface area (Å²) in [4.78, 5) is 27.6. The van der Waals surface area contributed by atoms with E-state index in [0.717, 1.165) is 10.9 Å². The fourth-order valence-electron chi connectivity index (χ4n) is 3.02. The van der Waals surface area contributed by atoms with E-state index in [9.17, 15) is 9.59 Å². The topological polar surface area (TPSA) is 111 Å². The smallest absolute Gasteiger partial charge is 0.268 e. The van der Waals surface area contributed by atoms with Crippen molar-refractivity contribution >= 4 is 28.4 Å². The van der Waals surface area contributed by atoms with Gasteiger partial charge in [-0.3, -0.25) is 9.59 Å². The van der Waals surface area contributed by atoms with Gasteiger partial charge >= 0.3 is 0 Å². The lowest BCUT2D eigenvalue weighted by molar-refractivity contribution is -0.115. The Morgan fingerprint density at radius 2 is 1.79 bits per heavy atom. The average Bonchev–Trinajstić information content (AvgIpc) is 3.36. The van der Waals surface area contributed by atoms with Gasteiger partial charge in [-0.15, -0.1) is 0 Å². The van der Waals surface area contributed by atoms with E-state index in [1.807, 2.05) is 0 Å². The van der Waals surface area contributed by atoms with Gasteiger partial charge in [-0.1, -0.05) is 0 Å². The minimum absolute atomic E-state index is 0.158. The number of ether oxygens (including phenoxy) is 4. The van der Waals surface area contributed by atoms with E-state index in [2.05, 4.69) is 15.6 Å². The number of hydrogen-bond acceptors (Lipinski definition) is 6. The largest absolute Gasteiger partial charge is 0.493 e. The molecule has 0 spiro atoms. The number of anilines is 1. The van der Waals surface area contributed by atoms with Crippen LogP contribution in [-0.2, 0) is 4.79 Å². The lowest BCUT2D eigenvalue weighted by atomic mass is 10.2. The molecule has 2 aromatic carbocycles. The standard InChI is InChI=1S/C20H19N3O6/c1-26-16-6-11-5-14(23-13(11)8-17(16)27-2)20(25)21-9-19(24)22-12-3-4-15-18(7-12)29-10-28-15/h3-8,23H,9-10H2,1-2H3,(H,21,25)(H,22,24). The fraction of sp³-hybridized carbons (Fsp3) is 0.200. The molecular formula is C20H19N3O6. The van der Waals surface area contributed by atoms with Gasteiger partial charge in [0.1, 0.15) is 5.69 Å². The third-order valence-electron chi connectivity index (χ3n) is 4.44. The van der Waals surface area contributed by atoms with Gasteiger partial charge in [0.25, 0.3) is 5.91 Å². The van der Waals surface area contributed by atoms with Crippen molar-refractivity contribution in [3.8, 4) is 23.0 Å².